The van der Waals surface area contributed by atoms with Gasteiger partial charge in [0.25, 0.3) is 5.56 Å². The van der Waals surface area contributed by atoms with E-state index in [1.54, 1.807) is 45.0 Å². The minimum absolute atomic E-state index is 0.0210. The fourth-order valence-corrected chi connectivity index (χ4v) is 4.61. The summed E-state index contributed by atoms with van der Waals surface area (Å²) in [5.74, 6) is 0.477. The Morgan fingerprint density at radius 3 is 2.54 bits per heavy atom. The molecule has 1 saturated carbocycles. The van der Waals surface area contributed by atoms with E-state index in [9.17, 15) is 13.2 Å². The topological polar surface area (TPSA) is 107 Å². The van der Waals surface area contributed by atoms with Crippen LogP contribution in [-0.4, -0.2) is 29.4 Å². The van der Waals surface area contributed by atoms with Crippen LogP contribution < -0.4 is 10.3 Å². The molecule has 0 saturated heterocycles. The van der Waals surface area contributed by atoms with Crippen LogP contribution in [0, 0.1) is 20.8 Å². The van der Waals surface area contributed by atoms with Gasteiger partial charge in [0.05, 0.1) is 10.6 Å². The van der Waals surface area contributed by atoms with Crippen LogP contribution in [0.3, 0.4) is 0 Å². The van der Waals surface area contributed by atoms with Gasteiger partial charge in [0.1, 0.15) is 11.4 Å². The first-order chi connectivity index (χ1) is 13.3. The van der Waals surface area contributed by atoms with Crippen LogP contribution >= 0.6 is 0 Å². The predicted molar refractivity (Wildman–Crippen MR) is 103 cm³/mol. The summed E-state index contributed by atoms with van der Waals surface area (Å²) in [5.41, 5.74) is 2.43. The number of aromatic nitrogens is 3. The molecular weight excluding hydrogens is 380 g/mol. The zero-order valence-electron chi connectivity index (χ0n) is 15.8. The second-order valence-electron chi connectivity index (χ2n) is 7.02. The first kappa shape index (κ1) is 18.6. The molecule has 2 heterocycles. The Kier molecular flexibility index (Phi) is 4.43. The quantitative estimate of drug-likeness (QED) is 0.704. The van der Waals surface area contributed by atoms with E-state index >= 15 is 0 Å². The van der Waals surface area contributed by atoms with Crippen molar-refractivity contribution in [2.45, 2.75) is 44.6 Å². The summed E-state index contributed by atoms with van der Waals surface area (Å²) in [6, 6.07) is 8.11. The molecule has 8 nitrogen and oxygen atoms in total. The zero-order chi connectivity index (χ0) is 20.1. The van der Waals surface area contributed by atoms with Crippen molar-refractivity contribution in [1.82, 2.24) is 19.7 Å². The van der Waals surface area contributed by atoms with E-state index in [1.807, 2.05) is 0 Å². The second kappa shape index (κ2) is 6.68. The van der Waals surface area contributed by atoms with Gasteiger partial charge in [-0.2, -0.15) is 9.78 Å². The average Bonchev–Trinajstić information content (AvgIpc) is 3.38. The van der Waals surface area contributed by atoms with Gasteiger partial charge in [-0.3, -0.25) is 4.79 Å². The fraction of sp³-hybridized carbons (Fsp3) is 0.316. The van der Waals surface area contributed by atoms with Gasteiger partial charge >= 0.3 is 0 Å². The van der Waals surface area contributed by atoms with E-state index in [-0.39, 0.29) is 16.5 Å². The third kappa shape index (κ3) is 3.38. The summed E-state index contributed by atoms with van der Waals surface area (Å²) in [7, 11) is -3.60. The number of aryl methyl sites for hydroxylation is 3. The summed E-state index contributed by atoms with van der Waals surface area (Å²) < 4.78 is 34.4. The summed E-state index contributed by atoms with van der Waals surface area (Å²) >= 11 is 0. The number of nitrogens with zero attached hydrogens (tertiary/aromatic N) is 3. The molecule has 0 spiro atoms. The van der Waals surface area contributed by atoms with Crippen molar-refractivity contribution in [2.24, 2.45) is 0 Å². The molecule has 1 aliphatic rings. The Morgan fingerprint density at radius 2 is 1.89 bits per heavy atom. The molecular formula is C19H20N4O4S. The minimum atomic E-state index is -3.60. The first-order valence-corrected chi connectivity index (χ1v) is 10.4. The molecule has 0 bridgehead atoms. The molecule has 1 aromatic carbocycles. The average molecular weight is 400 g/mol. The molecule has 0 atom stereocenters. The summed E-state index contributed by atoms with van der Waals surface area (Å²) in [6.45, 7) is 5.19. The van der Waals surface area contributed by atoms with Crippen molar-refractivity contribution >= 4 is 10.0 Å². The summed E-state index contributed by atoms with van der Waals surface area (Å²) in [6.07, 6.45) is 1.73. The van der Waals surface area contributed by atoms with Crippen LogP contribution in [0.5, 0.6) is 0 Å². The zero-order valence-corrected chi connectivity index (χ0v) is 16.6. The van der Waals surface area contributed by atoms with Crippen LogP contribution in [0.1, 0.15) is 29.9 Å². The fourth-order valence-electron chi connectivity index (χ4n) is 3.04. The van der Waals surface area contributed by atoms with Crippen molar-refractivity contribution in [3.8, 4) is 16.9 Å². The molecule has 146 valence electrons. The van der Waals surface area contributed by atoms with Gasteiger partial charge in [-0.05, 0) is 51.3 Å². The van der Waals surface area contributed by atoms with E-state index in [1.165, 1.54) is 10.7 Å². The van der Waals surface area contributed by atoms with Crippen molar-refractivity contribution in [2.75, 3.05) is 0 Å². The SMILES string of the molecule is Cc1ccc(-c2ccc(=O)n(-c3c(C)noc3C)n2)cc1S(=O)(=O)NC1CC1. The maximum atomic E-state index is 12.7. The monoisotopic (exact) mass is 400 g/mol. The van der Waals surface area contributed by atoms with E-state index in [0.717, 1.165) is 12.8 Å². The van der Waals surface area contributed by atoms with E-state index in [4.69, 9.17) is 4.52 Å². The van der Waals surface area contributed by atoms with E-state index in [0.29, 0.717) is 34.0 Å². The standard InChI is InChI=1S/C19H20N4O4S/c1-11-4-5-14(10-17(11)28(25,26)22-15-6-7-15)16-8-9-18(24)23(20-16)19-12(2)21-27-13(19)3/h4-5,8-10,15,22H,6-7H2,1-3H3. The van der Waals surface area contributed by atoms with Gasteiger partial charge in [0.2, 0.25) is 10.0 Å². The minimum Gasteiger partial charge on any atom is -0.359 e. The molecule has 0 radical (unpaired) electrons. The third-order valence-corrected chi connectivity index (χ3v) is 6.34. The molecule has 0 unspecified atom stereocenters. The van der Waals surface area contributed by atoms with Crippen molar-refractivity contribution < 1.29 is 12.9 Å². The summed E-state index contributed by atoms with van der Waals surface area (Å²) in [5, 5.41) is 8.29. The van der Waals surface area contributed by atoms with Crippen LogP contribution in [-0.2, 0) is 10.0 Å². The van der Waals surface area contributed by atoms with Crippen LogP contribution in [0.4, 0.5) is 0 Å². The Morgan fingerprint density at radius 1 is 1.14 bits per heavy atom. The Bertz CT molecular complexity index is 1200. The number of nitrogens with one attached hydrogen (secondary N) is 1. The first-order valence-electron chi connectivity index (χ1n) is 8.93. The Hall–Kier alpha value is -2.78. The van der Waals surface area contributed by atoms with Crippen LogP contribution in [0.2, 0.25) is 0 Å². The highest BCUT2D eigenvalue weighted by Crippen LogP contribution is 2.27. The lowest BCUT2D eigenvalue weighted by Crippen LogP contribution is -2.26. The van der Waals surface area contributed by atoms with Crippen molar-refractivity contribution in [3.63, 3.8) is 0 Å². The molecule has 2 aromatic heterocycles. The molecule has 1 N–H and O–H groups in total. The smallest absolute Gasteiger partial charge is 0.271 e. The molecule has 4 rings (SSSR count). The van der Waals surface area contributed by atoms with Gasteiger partial charge in [0.15, 0.2) is 5.76 Å². The molecule has 3 aromatic rings. The van der Waals surface area contributed by atoms with Gasteiger partial charge in [-0.1, -0.05) is 17.3 Å². The number of sulfonamides is 1. The van der Waals surface area contributed by atoms with E-state index < -0.39 is 10.0 Å². The van der Waals surface area contributed by atoms with Gasteiger partial charge in [-0.15, -0.1) is 0 Å². The predicted octanol–water partition coefficient (Wildman–Crippen LogP) is 2.25. The number of hydrogen-bond acceptors (Lipinski definition) is 6. The lowest BCUT2D eigenvalue weighted by molar-refractivity contribution is 0.392. The second-order valence-corrected chi connectivity index (χ2v) is 8.70. The van der Waals surface area contributed by atoms with Gasteiger partial charge < -0.3 is 4.52 Å². The van der Waals surface area contributed by atoms with Gasteiger partial charge in [-0.25, -0.2) is 13.1 Å². The molecule has 1 fully saturated rings. The lowest BCUT2D eigenvalue weighted by Gasteiger charge is -2.11. The lowest BCUT2D eigenvalue weighted by atomic mass is 10.1. The summed E-state index contributed by atoms with van der Waals surface area (Å²) in [4.78, 5) is 12.6. The molecule has 9 heteroatoms. The number of hydrogen-bond donors (Lipinski definition) is 1. The van der Waals surface area contributed by atoms with Crippen LogP contribution in [0.25, 0.3) is 16.9 Å². The number of benzene rings is 1. The largest absolute Gasteiger partial charge is 0.359 e. The molecule has 0 amide bonds. The highest BCUT2D eigenvalue weighted by molar-refractivity contribution is 7.89. The number of rotatable bonds is 5. The maximum absolute atomic E-state index is 12.7. The highest BCUT2D eigenvalue weighted by Gasteiger charge is 2.29. The Balaban J connectivity index is 1.81. The highest BCUT2D eigenvalue weighted by atomic mass is 32.2. The maximum Gasteiger partial charge on any atom is 0.271 e. The molecule has 28 heavy (non-hydrogen) atoms. The molecule has 0 aliphatic heterocycles. The normalized spacial score (nSPS) is 14.4. The van der Waals surface area contributed by atoms with Crippen molar-refractivity contribution in [3.05, 3.63) is 57.7 Å². The Labute approximate surface area is 162 Å². The third-order valence-electron chi connectivity index (χ3n) is 4.68. The van der Waals surface area contributed by atoms with Crippen molar-refractivity contribution in [1.29, 1.82) is 0 Å². The van der Waals surface area contributed by atoms with Gasteiger partial charge in [0, 0.05) is 17.7 Å². The molecule has 1 aliphatic carbocycles. The van der Waals surface area contributed by atoms with E-state index in [2.05, 4.69) is 15.0 Å². The van der Waals surface area contributed by atoms with Crippen LogP contribution in [0.15, 0.2) is 44.5 Å².